The lowest BCUT2D eigenvalue weighted by Gasteiger charge is -2.21. The molecule has 0 atom stereocenters. The monoisotopic (exact) mass is 616 g/mol. The van der Waals surface area contributed by atoms with Gasteiger partial charge in [0.1, 0.15) is 6.10 Å². The number of carbonyl (C=O) groups excluding carboxylic acids is 3. The second kappa shape index (κ2) is 19.1. The molecule has 1 amide bonds. The Morgan fingerprint density at radius 3 is 2.20 bits per heavy atom. The number of hydrogen-bond donors (Lipinski definition) is 4. The summed E-state index contributed by atoms with van der Waals surface area (Å²) in [4.78, 5) is 35.2. The summed E-state index contributed by atoms with van der Waals surface area (Å²) in [5.41, 5.74) is 9.11. The number of hydrogen-bond acceptors (Lipinski definition) is 8. The van der Waals surface area contributed by atoms with Crippen LogP contribution in [0.3, 0.4) is 0 Å². The molecule has 7 nitrogen and oxygen atoms in total. The SMILES string of the molecule is COC(=O)CCc1ccccc1.Nc1cc(Cl)ccc1C(=O)NCc1ccc(C(=O)OC2CCCCC2)cc1.SS. The maximum absolute atomic E-state index is 12.2. The lowest BCUT2D eigenvalue weighted by Crippen LogP contribution is -2.24. The number of aryl methyl sites for hydroxylation is 1. The summed E-state index contributed by atoms with van der Waals surface area (Å²) < 4.78 is 10.1. The minimum atomic E-state index is -0.286. The van der Waals surface area contributed by atoms with E-state index in [4.69, 9.17) is 22.1 Å². The Morgan fingerprint density at radius 1 is 0.927 bits per heavy atom. The number of amides is 1. The fourth-order valence-electron chi connectivity index (χ4n) is 4.17. The van der Waals surface area contributed by atoms with E-state index < -0.39 is 0 Å². The first kappa shape index (κ1) is 34.1. The van der Waals surface area contributed by atoms with Crippen molar-refractivity contribution in [2.75, 3.05) is 12.8 Å². The summed E-state index contributed by atoms with van der Waals surface area (Å²) in [7, 11) is 1.41. The van der Waals surface area contributed by atoms with Gasteiger partial charge in [-0.15, -0.1) is 23.3 Å². The maximum atomic E-state index is 12.2. The van der Waals surface area contributed by atoms with E-state index in [9.17, 15) is 14.4 Å². The number of nitrogens with two attached hydrogens (primary N) is 1. The van der Waals surface area contributed by atoms with Crippen LogP contribution in [0.1, 0.15) is 70.4 Å². The summed E-state index contributed by atoms with van der Waals surface area (Å²) in [6.45, 7) is 0.332. The van der Waals surface area contributed by atoms with Gasteiger partial charge in [0.25, 0.3) is 5.91 Å². The van der Waals surface area contributed by atoms with Gasteiger partial charge in [-0.3, -0.25) is 9.59 Å². The number of nitrogen functional groups attached to an aromatic ring is 1. The first-order chi connectivity index (χ1) is 19.9. The second-order valence-corrected chi connectivity index (χ2v) is 9.77. The Morgan fingerprint density at radius 2 is 1.59 bits per heavy atom. The molecule has 41 heavy (non-hydrogen) atoms. The molecule has 0 aliphatic heterocycles. The van der Waals surface area contributed by atoms with Crippen LogP contribution < -0.4 is 11.1 Å². The van der Waals surface area contributed by atoms with Crippen molar-refractivity contribution < 1.29 is 23.9 Å². The number of anilines is 1. The normalized spacial score (nSPS) is 12.5. The van der Waals surface area contributed by atoms with Gasteiger partial charge in [0.2, 0.25) is 0 Å². The summed E-state index contributed by atoms with van der Waals surface area (Å²) in [6, 6.07) is 21.7. The third-order valence-corrected chi connectivity index (χ3v) is 6.65. The Hall–Kier alpha value is -3.14. The van der Waals surface area contributed by atoms with Gasteiger partial charge in [-0.2, -0.15) is 0 Å². The molecule has 0 saturated heterocycles. The van der Waals surface area contributed by atoms with Gasteiger partial charge < -0.3 is 20.5 Å². The van der Waals surface area contributed by atoms with E-state index >= 15 is 0 Å². The molecule has 3 aromatic carbocycles. The smallest absolute Gasteiger partial charge is 0.338 e. The number of esters is 2. The highest BCUT2D eigenvalue weighted by Crippen LogP contribution is 2.22. The van der Waals surface area contributed by atoms with Crippen LogP contribution in [0.4, 0.5) is 5.69 Å². The Labute approximate surface area is 257 Å². The van der Waals surface area contributed by atoms with Crippen LogP contribution in [-0.4, -0.2) is 31.1 Å². The third kappa shape index (κ3) is 12.5. The average Bonchev–Trinajstić information content (AvgIpc) is 3.01. The first-order valence-electron chi connectivity index (χ1n) is 13.3. The Kier molecular flexibility index (Phi) is 15.8. The van der Waals surface area contributed by atoms with Gasteiger partial charge >= 0.3 is 11.9 Å². The van der Waals surface area contributed by atoms with Crippen molar-refractivity contribution in [1.29, 1.82) is 0 Å². The van der Waals surface area contributed by atoms with Crippen LogP contribution in [0, 0.1) is 0 Å². The molecule has 0 heterocycles. The van der Waals surface area contributed by atoms with Crippen molar-refractivity contribution in [3.05, 3.63) is 100 Å². The van der Waals surface area contributed by atoms with Crippen LogP contribution >= 0.6 is 34.9 Å². The van der Waals surface area contributed by atoms with E-state index in [1.165, 1.54) is 19.1 Å². The topological polar surface area (TPSA) is 108 Å². The largest absolute Gasteiger partial charge is 0.469 e. The van der Waals surface area contributed by atoms with E-state index in [0.717, 1.165) is 37.7 Å². The number of ether oxygens (including phenoxy) is 2. The van der Waals surface area contributed by atoms with Crippen LogP contribution in [0.15, 0.2) is 72.8 Å². The van der Waals surface area contributed by atoms with Gasteiger partial charge in [0.15, 0.2) is 0 Å². The molecule has 1 aliphatic carbocycles. The van der Waals surface area contributed by atoms with Gasteiger partial charge in [0, 0.05) is 23.7 Å². The van der Waals surface area contributed by atoms with Crippen LogP contribution in [0.5, 0.6) is 0 Å². The molecule has 0 bridgehead atoms. The number of methoxy groups -OCH3 is 1. The molecule has 3 N–H and O–H groups in total. The van der Waals surface area contributed by atoms with Crippen LogP contribution in [0.2, 0.25) is 5.02 Å². The van der Waals surface area contributed by atoms with Gasteiger partial charge in [-0.25, -0.2) is 4.79 Å². The number of thiol groups is 2. The molecule has 0 unspecified atom stereocenters. The summed E-state index contributed by atoms with van der Waals surface area (Å²) >= 11 is 12.3. The van der Waals surface area contributed by atoms with Crippen molar-refractivity contribution in [1.82, 2.24) is 5.32 Å². The average molecular weight is 617 g/mol. The van der Waals surface area contributed by atoms with E-state index in [0.29, 0.717) is 34.8 Å². The van der Waals surface area contributed by atoms with Gasteiger partial charge in [0.05, 0.1) is 18.2 Å². The molecule has 0 radical (unpaired) electrons. The number of carbonyl (C=O) groups is 3. The van der Waals surface area contributed by atoms with Crippen LogP contribution in [0.25, 0.3) is 0 Å². The Balaban J connectivity index is 0.000000352. The fraction of sp³-hybridized carbons (Fsp3) is 0.323. The zero-order valence-corrected chi connectivity index (χ0v) is 25.6. The molecule has 3 aromatic rings. The fourth-order valence-corrected chi connectivity index (χ4v) is 4.35. The molecule has 4 rings (SSSR count). The minimum Gasteiger partial charge on any atom is -0.469 e. The zero-order valence-electron chi connectivity index (χ0n) is 23.1. The minimum absolute atomic E-state index is 0.0371. The molecule has 10 heteroatoms. The number of rotatable bonds is 8. The number of nitrogens with one attached hydrogen (secondary N) is 1. The molecule has 1 saturated carbocycles. The van der Waals surface area contributed by atoms with Crippen molar-refractivity contribution in [2.45, 2.75) is 57.6 Å². The van der Waals surface area contributed by atoms with Crippen molar-refractivity contribution in [3.63, 3.8) is 0 Å². The lowest BCUT2D eigenvalue weighted by atomic mass is 9.98. The van der Waals surface area contributed by atoms with Crippen molar-refractivity contribution >= 4 is 58.5 Å². The quantitative estimate of drug-likeness (QED) is 0.0950. The maximum Gasteiger partial charge on any atom is 0.338 e. The number of benzene rings is 3. The molecular weight excluding hydrogens is 580 g/mol. The van der Waals surface area contributed by atoms with Crippen LogP contribution in [-0.2, 0) is 27.2 Å². The highest BCUT2D eigenvalue weighted by Gasteiger charge is 2.18. The number of halogens is 1. The lowest BCUT2D eigenvalue weighted by molar-refractivity contribution is -0.140. The van der Waals surface area contributed by atoms with E-state index in [2.05, 4.69) is 33.4 Å². The zero-order chi connectivity index (χ0) is 30.0. The van der Waals surface area contributed by atoms with Crippen molar-refractivity contribution in [3.8, 4) is 0 Å². The second-order valence-electron chi connectivity index (χ2n) is 9.34. The highest BCUT2D eigenvalue weighted by molar-refractivity contribution is 8.59. The van der Waals surface area contributed by atoms with E-state index in [1.807, 2.05) is 42.5 Å². The molecule has 1 fully saturated rings. The van der Waals surface area contributed by atoms with Gasteiger partial charge in [-0.1, -0.05) is 60.5 Å². The van der Waals surface area contributed by atoms with Crippen molar-refractivity contribution in [2.24, 2.45) is 0 Å². The molecule has 0 spiro atoms. The highest BCUT2D eigenvalue weighted by atomic mass is 35.5. The predicted molar refractivity (Wildman–Crippen MR) is 171 cm³/mol. The third-order valence-electron chi connectivity index (χ3n) is 6.42. The molecule has 0 aromatic heterocycles. The van der Waals surface area contributed by atoms with Gasteiger partial charge in [-0.05, 0) is 73.6 Å². The summed E-state index contributed by atoms with van der Waals surface area (Å²) in [5.74, 6) is -0.713. The molecular formula is C31H37ClN2O5S2. The first-order valence-corrected chi connectivity index (χ1v) is 15.3. The predicted octanol–water partition coefficient (Wildman–Crippen LogP) is 6.89. The Bertz CT molecular complexity index is 1240. The molecule has 1 aliphatic rings. The summed E-state index contributed by atoms with van der Waals surface area (Å²) in [6.07, 6.45) is 6.61. The molecule has 220 valence electrons. The standard InChI is InChI=1S/C21H23ClN2O3.C10H12O2.H2S2/c22-16-10-11-18(19(23)12-16)20(25)24-13-14-6-8-15(9-7-14)21(26)27-17-4-2-1-3-5-17;1-12-10(11)8-7-9-5-3-2-4-6-9;1-2/h6-12,17H,1-5,13,23H2,(H,24,25);2-6H,7-8H2,1H3;1-2H. The van der Waals surface area contributed by atoms with E-state index in [-0.39, 0.29) is 23.9 Å². The van der Waals surface area contributed by atoms with E-state index in [1.54, 1.807) is 30.3 Å². The summed E-state index contributed by atoms with van der Waals surface area (Å²) in [5, 5.41) is 3.30.